The number of benzene rings is 1. The summed E-state index contributed by atoms with van der Waals surface area (Å²) in [5.74, 6) is 0. The molecule has 1 aromatic rings. The molecule has 0 fully saturated rings. The molecule has 0 atom stereocenters. The Morgan fingerprint density at radius 1 is 1.36 bits per heavy atom. The average Bonchev–Trinajstić information content (AvgIpc) is 2.06. The van der Waals surface area contributed by atoms with Crippen LogP contribution in [0.3, 0.4) is 0 Å². The van der Waals surface area contributed by atoms with Crippen molar-refractivity contribution < 1.29 is 0 Å². The van der Waals surface area contributed by atoms with Crippen molar-refractivity contribution >= 4 is 6.08 Å². The van der Waals surface area contributed by atoms with Crippen LogP contribution in [0.2, 0.25) is 0 Å². The smallest absolute Gasteiger partial charge is 0.163 e. The highest BCUT2D eigenvalue weighted by Crippen LogP contribution is 2.05. The number of rotatable bonds is 1. The molecule has 1 heteroatoms. The van der Waals surface area contributed by atoms with Gasteiger partial charge < -0.3 is 0 Å². The van der Waals surface area contributed by atoms with Gasteiger partial charge in [0.05, 0.1) is 6.57 Å². The molecular weight excluding hydrogens is 134 g/mol. The largest absolute Gasteiger partial charge is 0.243 e. The van der Waals surface area contributed by atoms with Crippen LogP contribution in [-0.2, 0) is 0 Å². The van der Waals surface area contributed by atoms with E-state index in [2.05, 4.69) is 4.85 Å². The lowest BCUT2D eigenvalue weighted by Gasteiger charge is -1.90. The maximum absolute atomic E-state index is 6.71. The average molecular weight is 143 g/mol. The summed E-state index contributed by atoms with van der Waals surface area (Å²) in [6.07, 6.45) is 1.87. The molecule has 1 nitrogen and oxygen atoms in total. The molecule has 0 N–H and O–H groups in total. The standard InChI is InChI=1S/C10H9N/c1-9(11-2)8-10-6-4-3-5-7-10/h3-8H,1H3/b9-8-. The molecule has 1 aromatic carbocycles. The molecule has 0 aliphatic rings. The lowest BCUT2D eigenvalue weighted by atomic mass is 10.2. The Hall–Kier alpha value is -1.55. The molecule has 0 radical (unpaired) electrons. The molecule has 0 spiro atoms. The summed E-state index contributed by atoms with van der Waals surface area (Å²) in [5, 5.41) is 0. The lowest BCUT2D eigenvalue weighted by Crippen LogP contribution is -1.69. The minimum atomic E-state index is 0.719. The first kappa shape index (κ1) is 7.56. The molecular formula is C10H9N. The summed E-state index contributed by atoms with van der Waals surface area (Å²) < 4.78 is 0. The van der Waals surface area contributed by atoms with Crippen LogP contribution in [0, 0.1) is 6.57 Å². The van der Waals surface area contributed by atoms with E-state index in [0.717, 1.165) is 11.3 Å². The van der Waals surface area contributed by atoms with Crippen molar-refractivity contribution in [2.45, 2.75) is 6.92 Å². The van der Waals surface area contributed by atoms with Gasteiger partial charge in [0.1, 0.15) is 0 Å². The molecule has 0 heterocycles. The van der Waals surface area contributed by atoms with Crippen molar-refractivity contribution in [3.63, 3.8) is 0 Å². The summed E-state index contributed by atoms with van der Waals surface area (Å²) in [6.45, 7) is 8.52. The van der Waals surface area contributed by atoms with Gasteiger partial charge in [-0.25, -0.2) is 4.85 Å². The molecule has 0 aliphatic carbocycles. The topological polar surface area (TPSA) is 4.36 Å². The van der Waals surface area contributed by atoms with E-state index in [9.17, 15) is 0 Å². The second-order valence-electron chi connectivity index (χ2n) is 2.31. The molecule has 0 aliphatic heterocycles. The Morgan fingerprint density at radius 3 is 2.55 bits per heavy atom. The van der Waals surface area contributed by atoms with E-state index < -0.39 is 0 Å². The first-order chi connectivity index (χ1) is 5.33. The molecule has 0 aromatic heterocycles. The van der Waals surface area contributed by atoms with Gasteiger partial charge in [0.15, 0.2) is 5.70 Å². The Labute approximate surface area is 66.8 Å². The summed E-state index contributed by atoms with van der Waals surface area (Å²) in [5.41, 5.74) is 1.80. The maximum Gasteiger partial charge on any atom is 0.163 e. The van der Waals surface area contributed by atoms with Crippen molar-refractivity contribution in [3.05, 3.63) is 53.0 Å². The van der Waals surface area contributed by atoms with E-state index in [1.165, 1.54) is 0 Å². The van der Waals surface area contributed by atoms with Crippen LogP contribution in [0.25, 0.3) is 10.9 Å². The van der Waals surface area contributed by atoms with Gasteiger partial charge in [-0.15, -0.1) is 0 Å². The van der Waals surface area contributed by atoms with Crippen molar-refractivity contribution in [2.24, 2.45) is 0 Å². The molecule has 0 unspecified atom stereocenters. The van der Waals surface area contributed by atoms with Crippen molar-refractivity contribution in [2.75, 3.05) is 0 Å². The molecule has 0 amide bonds. The highest BCUT2D eigenvalue weighted by Gasteiger charge is 1.86. The molecule has 54 valence electrons. The second-order valence-corrected chi connectivity index (χ2v) is 2.31. The van der Waals surface area contributed by atoms with Crippen LogP contribution in [0.5, 0.6) is 0 Å². The lowest BCUT2D eigenvalue weighted by molar-refractivity contribution is 1.54. The Morgan fingerprint density at radius 2 is 2.00 bits per heavy atom. The van der Waals surface area contributed by atoms with Crippen LogP contribution < -0.4 is 0 Å². The Balaban J connectivity index is 2.90. The fraction of sp³-hybridized carbons (Fsp3) is 0.100. The van der Waals surface area contributed by atoms with Gasteiger partial charge >= 0.3 is 0 Å². The predicted octanol–water partition coefficient (Wildman–Crippen LogP) is 2.97. The summed E-state index contributed by atoms with van der Waals surface area (Å²) in [6, 6.07) is 9.85. The van der Waals surface area contributed by atoms with Gasteiger partial charge in [0.2, 0.25) is 0 Å². The third-order valence-electron chi connectivity index (χ3n) is 1.35. The number of allylic oxidation sites excluding steroid dienone is 1. The quantitative estimate of drug-likeness (QED) is 0.532. The first-order valence-corrected chi connectivity index (χ1v) is 3.44. The Kier molecular flexibility index (Phi) is 2.46. The maximum atomic E-state index is 6.71. The monoisotopic (exact) mass is 143 g/mol. The summed E-state index contributed by atoms with van der Waals surface area (Å²) >= 11 is 0. The number of hydrogen-bond donors (Lipinski definition) is 0. The molecule has 0 saturated heterocycles. The van der Waals surface area contributed by atoms with E-state index in [0.29, 0.717) is 0 Å². The first-order valence-electron chi connectivity index (χ1n) is 3.44. The molecule has 1 rings (SSSR count). The van der Waals surface area contributed by atoms with Crippen molar-refractivity contribution in [1.82, 2.24) is 0 Å². The van der Waals surface area contributed by atoms with Crippen LogP contribution in [-0.4, -0.2) is 0 Å². The zero-order valence-corrected chi connectivity index (χ0v) is 6.41. The van der Waals surface area contributed by atoms with E-state index in [1.807, 2.05) is 36.4 Å². The highest BCUT2D eigenvalue weighted by atomic mass is 14.6. The third-order valence-corrected chi connectivity index (χ3v) is 1.35. The fourth-order valence-electron chi connectivity index (χ4n) is 0.823. The van der Waals surface area contributed by atoms with E-state index in [4.69, 9.17) is 6.57 Å². The summed E-state index contributed by atoms with van der Waals surface area (Å²) in [4.78, 5) is 3.29. The minimum Gasteiger partial charge on any atom is -0.243 e. The van der Waals surface area contributed by atoms with Crippen molar-refractivity contribution in [1.29, 1.82) is 0 Å². The van der Waals surface area contributed by atoms with Gasteiger partial charge in [-0.1, -0.05) is 36.4 Å². The van der Waals surface area contributed by atoms with Gasteiger partial charge in [0.25, 0.3) is 0 Å². The number of hydrogen-bond acceptors (Lipinski definition) is 0. The summed E-state index contributed by atoms with van der Waals surface area (Å²) in [7, 11) is 0. The van der Waals surface area contributed by atoms with Gasteiger partial charge in [-0.05, 0) is 12.5 Å². The van der Waals surface area contributed by atoms with Gasteiger partial charge in [-0.2, -0.15) is 0 Å². The van der Waals surface area contributed by atoms with E-state index in [-0.39, 0.29) is 0 Å². The fourth-order valence-corrected chi connectivity index (χ4v) is 0.823. The second kappa shape index (κ2) is 3.58. The van der Waals surface area contributed by atoms with Gasteiger partial charge in [-0.3, -0.25) is 0 Å². The zero-order chi connectivity index (χ0) is 8.10. The zero-order valence-electron chi connectivity index (χ0n) is 6.41. The SMILES string of the molecule is [C-]#[N+]/C(C)=C\c1ccccc1. The molecule has 0 saturated carbocycles. The molecule has 11 heavy (non-hydrogen) atoms. The van der Waals surface area contributed by atoms with E-state index >= 15 is 0 Å². The normalized spacial score (nSPS) is 10.7. The number of nitrogens with zero attached hydrogens (tertiary/aromatic N) is 1. The van der Waals surface area contributed by atoms with Crippen LogP contribution >= 0.6 is 0 Å². The van der Waals surface area contributed by atoms with Gasteiger partial charge in [0, 0.05) is 0 Å². The van der Waals surface area contributed by atoms with E-state index in [1.54, 1.807) is 6.92 Å². The van der Waals surface area contributed by atoms with Crippen LogP contribution in [0.1, 0.15) is 12.5 Å². The predicted molar refractivity (Wildman–Crippen MR) is 46.7 cm³/mol. The van der Waals surface area contributed by atoms with Crippen LogP contribution in [0.4, 0.5) is 0 Å². The third kappa shape index (κ3) is 2.27. The molecule has 0 bridgehead atoms. The minimum absolute atomic E-state index is 0.719. The highest BCUT2D eigenvalue weighted by molar-refractivity contribution is 5.53. The van der Waals surface area contributed by atoms with Crippen LogP contribution in [0.15, 0.2) is 36.0 Å². The van der Waals surface area contributed by atoms with Crippen molar-refractivity contribution in [3.8, 4) is 0 Å². The Bertz CT molecular complexity index is 290.